The number of aromatic nitrogens is 1. The zero-order valence-corrected chi connectivity index (χ0v) is 35.4. The summed E-state index contributed by atoms with van der Waals surface area (Å²) < 4.78 is 8.94. The Morgan fingerprint density at radius 1 is 1.05 bits per heavy atom. The van der Waals surface area contributed by atoms with Gasteiger partial charge in [0.25, 0.3) is 0 Å². The average molecular weight is 749 g/mol. The van der Waals surface area contributed by atoms with E-state index in [1.807, 2.05) is 27.7 Å². The van der Waals surface area contributed by atoms with Gasteiger partial charge in [0.1, 0.15) is 6.04 Å². The lowest BCUT2D eigenvalue weighted by molar-refractivity contribution is -0.145. The van der Waals surface area contributed by atoms with Gasteiger partial charge in [-0.25, -0.2) is 0 Å². The predicted molar refractivity (Wildman–Crippen MR) is 218 cm³/mol. The normalized spacial score (nSPS) is 41.7. The zero-order chi connectivity index (χ0) is 40.0. The Labute approximate surface area is 328 Å². The number of hydrogen-bond acceptors (Lipinski definition) is 5. The van der Waals surface area contributed by atoms with Crippen molar-refractivity contribution in [2.45, 2.75) is 162 Å². The Morgan fingerprint density at radius 3 is 2.40 bits per heavy atom. The van der Waals surface area contributed by atoms with Crippen molar-refractivity contribution in [3.8, 4) is 0 Å². The zero-order valence-electron chi connectivity index (χ0n) is 35.4. The van der Waals surface area contributed by atoms with E-state index in [9.17, 15) is 19.8 Å². The molecule has 5 aliphatic carbocycles. The molecule has 11 atom stereocenters. The molecule has 7 heteroatoms. The van der Waals surface area contributed by atoms with E-state index in [0.717, 1.165) is 65.3 Å². The van der Waals surface area contributed by atoms with Gasteiger partial charge in [0.2, 0.25) is 5.91 Å². The standard InChI is InChI=1S/C48H64N2O5/c1-24(2)36-39(53)34-33-27(30-23-43(6,7)55-44(8,9)35(30)38(33)52)21-28-29-20-25-14-15-31-45(10,18-16-26-22-46(26,11)41(54)49-42(3,4)5)32(51)17-19-47(31,12)48(25,13)40(29)50(36)37(28)34/h16,18,21,23,25-26,31-32,35-36,38,51-52H,1,14-15,17,19-20,22H2,2-13H3,(H,49,54)/b18-16+/t25?,26?,31-,32-,35?,36-,38+,45-,46?,47-,48+/m0/s1. The van der Waals surface area contributed by atoms with E-state index in [1.165, 1.54) is 11.3 Å². The Hall–Kier alpha value is -3.00. The molecule has 3 fully saturated rings. The number of benzene rings is 1. The van der Waals surface area contributed by atoms with Crippen LogP contribution in [0.15, 0.2) is 36.4 Å². The van der Waals surface area contributed by atoms with Gasteiger partial charge in [0.15, 0.2) is 5.78 Å². The molecule has 0 spiro atoms. The fourth-order valence-corrected chi connectivity index (χ4v) is 13.9. The topological polar surface area (TPSA) is 101 Å². The Bertz CT molecular complexity index is 2180. The molecule has 3 N–H and O–H groups in total. The highest BCUT2D eigenvalue weighted by atomic mass is 16.5. The largest absolute Gasteiger partial charge is 0.392 e. The maximum Gasteiger partial charge on any atom is 0.226 e. The lowest BCUT2D eigenvalue weighted by Crippen LogP contribution is -2.62. The highest BCUT2D eigenvalue weighted by Gasteiger charge is 2.68. The Balaban J connectivity index is 1.18. The third-order valence-corrected chi connectivity index (χ3v) is 16.6. The van der Waals surface area contributed by atoms with Crippen LogP contribution in [-0.4, -0.2) is 49.3 Å². The first-order valence-corrected chi connectivity index (χ1v) is 21.1. The first-order chi connectivity index (χ1) is 25.3. The minimum absolute atomic E-state index is 0.0443. The Kier molecular flexibility index (Phi) is 7.47. The second-order valence-electron chi connectivity index (χ2n) is 22.1. The van der Waals surface area contributed by atoms with E-state index >= 15 is 0 Å². The van der Waals surface area contributed by atoms with Crippen LogP contribution < -0.4 is 5.32 Å². The van der Waals surface area contributed by atoms with Crippen LogP contribution in [0.2, 0.25) is 0 Å². The highest BCUT2D eigenvalue weighted by Crippen LogP contribution is 2.72. The lowest BCUT2D eigenvalue weighted by atomic mass is 9.40. The third kappa shape index (κ3) is 4.67. The van der Waals surface area contributed by atoms with E-state index < -0.39 is 40.3 Å². The number of hydrogen-bond donors (Lipinski definition) is 3. The summed E-state index contributed by atoms with van der Waals surface area (Å²) in [6.45, 7) is 30.1. The van der Waals surface area contributed by atoms with Crippen LogP contribution in [0.3, 0.4) is 0 Å². The lowest BCUT2D eigenvalue weighted by Gasteiger charge is -2.64. The van der Waals surface area contributed by atoms with Crippen molar-refractivity contribution in [1.29, 1.82) is 0 Å². The van der Waals surface area contributed by atoms with Gasteiger partial charge in [-0.1, -0.05) is 52.0 Å². The highest BCUT2D eigenvalue weighted by molar-refractivity contribution is 6.18. The number of fused-ring (bicyclic) bond motifs is 11. The smallest absolute Gasteiger partial charge is 0.226 e. The van der Waals surface area contributed by atoms with Crippen molar-refractivity contribution in [2.24, 2.45) is 39.9 Å². The number of nitrogens with zero attached hydrogens (tertiary/aromatic N) is 1. The number of ketones is 1. The molecule has 1 aromatic carbocycles. The number of carbonyl (C=O) groups excluding carboxylic acids is 2. The van der Waals surface area contributed by atoms with Gasteiger partial charge in [-0.15, -0.1) is 0 Å². The van der Waals surface area contributed by atoms with Gasteiger partial charge in [-0.05, 0) is 146 Å². The Morgan fingerprint density at radius 2 is 1.75 bits per heavy atom. The summed E-state index contributed by atoms with van der Waals surface area (Å²) in [5.41, 5.74) is 5.25. The summed E-state index contributed by atoms with van der Waals surface area (Å²) in [6, 6.07) is 1.80. The van der Waals surface area contributed by atoms with Gasteiger partial charge in [0, 0.05) is 38.9 Å². The summed E-state index contributed by atoms with van der Waals surface area (Å²) in [4.78, 5) is 28.3. The summed E-state index contributed by atoms with van der Waals surface area (Å²) >= 11 is 0. The van der Waals surface area contributed by atoms with Crippen LogP contribution in [0.5, 0.6) is 0 Å². The van der Waals surface area contributed by atoms with Gasteiger partial charge < -0.3 is 24.8 Å². The van der Waals surface area contributed by atoms with Crippen LogP contribution in [-0.2, 0) is 21.4 Å². The van der Waals surface area contributed by atoms with Crippen LogP contribution >= 0.6 is 0 Å². The van der Waals surface area contributed by atoms with E-state index in [4.69, 9.17) is 4.74 Å². The molecule has 1 aromatic heterocycles. The fraction of sp³-hybridized carbons (Fsp3) is 0.667. The molecule has 296 valence electrons. The van der Waals surface area contributed by atoms with E-state index in [2.05, 4.69) is 96.1 Å². The van der Waals surface area contributed by atoms with Crippen molar-refractivity contribution < 1.29 is 24.5 Å². The van der Waals surface area contributed by atoms with Crippen molar-refractivity contribution in [1.82, 2.24) is 9.88 Å². The van der Waals surface area contributed by atoms with Gasteiger partial charge in [-0.3, -0.25) is 9.59 Å². The minimum atomic E-state index is -0.849. The third-order valence-electron chi connectivity index (χ3n) is 16.6. The molecule has 7 nitrogen and oxygen atoms in total. The summed E-state index contributed by atoms with van der Waals surface area (Å²) in [5.74, 6) is 0.637. The molecular weight excluding hydrogens is 685 g/mol. The molecule has 7 aliphatic rings. The monoisotopic (exact) mass is 748 g/mol. The molecule has 0 saturated heterocycles. The van der Waals surface area contributed by atoms with E-state index in [0.29, 0.717) is 17.9 Å². The van der Waals surface area contributed by atoms with Crippen molar-refractivity contribution >= 4 is 28.2 Å². The molecule has 2 aromatic rings. The van der Waals surface area contributed by atoms with E-state index in [1.54, 1.807) is 0 Å². The van der Waals surface area contributed by atoms with E-state index in [-0.39, 0.29) is 45.8 Å². The number of aliphatic hydroxyl groups is 2. The molecule has 0 bridgehead atoms. The van der Waals surface area contributed by atoms with Crippen LogP contribution in [0.4, 0.5) is 0 Å². The second kappa shape index (κ2) is 10.9. The number of carbonyl (C=O) groups is 2. The first-order valence-electron chi connectivity index (χ1n) is 21.1. The first kappa shape index (κ1) is 37.6. The minimum Gasteiger partial charge on any atom is -0.392 e. The van der Waals surface area contributed by atoms with Crippen LogP contribution in [0, 0.1) is 39.9 Å². The van der Waals surface area contributed by atoms with Gasteiger partial charge >= 0.3 is 0 Å². The molecule has 4 unspecified atom stereocenters. The second-order valence-corrected chi connectivity index (χ2v) is 22.1. The molecular formula is C48H64N2O5. The summed E-state index contributed by atoms with van der Waals surface area (Å²) in [7, 11) is 0. The number of allylic oxidation sites excluding steroid dienone is 2. The number of amides is 1. The molecule has 9 rings (SSSR count). The molecule has 55 heavy (non-hydrogen) atoms. The summed E-state index contributed by atoms with van der Waals surface area (Å²) in [5, 5.41) is 28.5. The number of Topliss-reactive ketones (excluding diaryl/α,β-unsaturated/α-hetero) is 1. The number of rotatable bonds is 4. The van der Waals surface area contributed by atoms with Gasteiger partial charge in [-0.2, -0.15) is 0 Å². The molecule has 3 saturated carbocycles. The maximum absolute atomic E-state index is 15.0. The maximum atomic E-state index is 15.0. The SMILES string of the molecule is C=C(C)[C@H]1C(=O)c2c3c(cc4c5c(n1c24)[C@@]1(C)C(CC[C@H]2[C@](C)(/C=C/C4CC4(C)C(=O)NC(C)(C)C)[C@@H](O)CC[C@@]21C)C5)C1=CC(C)(C)OC(C)(C)C1[C@@H]3O. The number of nitrogens with one attached hydrogen (secondary N) is 1. The number of ether oxygens (including phenoxy) is 1. The predicted octanol–water partition coefficient (Wildman–Crippen LogP) is 9.09. The van der Waals surface area contributed by atoms with Crippen LogP contribution in [0.25, 0.3) is 16.5 Å². The quantitative estimate of drug-likeness (QED) is 0.271. The molecule has 0 radical (unpaired) electrons. The molecule has 2 aliphatic heterocycles. The van der Waals surface area contributed by atoms with Crippen molar-refractivity contribution in [3.63, 3.8) is 0 Å². The van der Waals surface area contributed by atoms with Crippen LogP contribution in [0.1, 0.15) is 160 Å². The molecule has 3 heterocycles. The van der Waals surface area contributed by atoms with Crippen molar-refractivity contribution in [3.05, 3.63) is 64.4 Å². The molecule has 1 amide bonds. The fourth-order valence-electron chi connectivity index (χ4n) is 13.9. The van der Waals surface area contributed by atoms with Crippen molar-refractivity contribution in [2.75, 3.05) is 0 Å². The number of aliphatic hydroxyl groups excluding tert-OH is 2. The summed E-state index contributed by atoms with van der Waals surface area (Å²) in [6.07, 6.45) is 10.9. The average Bonchev–Trinajstić information content (AvgIpc) is 3.25. The van der Waals surface area contributed by atoms with Gasteiger partial charge in [0.05, 0.1) is 39.9 Å².